The zero-order valence-corrected chi connectivity index (χ0v) is 15.0. The average molecular weight is 399 g/mol. The van der Waals surface area contributed by atoms with Crippen molar-refractivity contribution >= 4 is 11.6 Å². The van der Waals surface area contributed by atoms with E-state index in [0.29, 0.717) is 11.5 Å². The van der Waals surface area contributed by atoms with Crippen molar-refractivity contribution in [3.63, 3.8) is 0 Å². The Hall–Kier alpha value is -0.645. The number of rotatable bonds is 6. The van der Waals surface area contributed by atoms with Gasteiger partial charge in [-0.15, -0.1) is 0 Å². The number of carbonyl (C=O) groups excluding carboxylic acids is 2. The molecule has 0 bridgehead atoms. The molecule has 0 aromatic rings. The summed E-state index contributed by atoms with van der Waals surface area (Å²) in [6.07, 6.45) is 2.85. The second-order valence-corrected chi connectivity index (χ2v) is 6.30. The molecule has 4 nitrogen and oxygen atoms in total. The van der Waals surface area contributed by atoms with E-state index < -0.39 is 25.5 Å². The third-order valence-corrected chi connectivity index (χ3v) is 5.84. The number of ketones is 2. The first-order chi connectivity index (χ1) is 6.91. The molecule has 0 aliphatic carbocycles. The molecule has 0 N–H and O–H groups in total. The fourth-order valence-corrected chi connectivity index (χ4v) is 3.19. The Morgan fingerprint density at radius 1 is 0.867 bits per heavy atom. The summed E-state index contributed by atoms with van der Waals surface area (Å²) < 4.78 is 10.6. The van der Waals surface area contributed by atoms with Gasteiger partial charge in [0.25, 0.3) is 0 Å². The van der Waals surface area contributed by atoms with Gasteiger partial charge in [0.2, 0.25) is 0 Å². The van der Waals surface area contributed by atoms with Crippen molar-refractivity contribution in [1.29, 1.82) is 0 Å². The maximum absolute atomic E-state index is 10.7. The van der Waals surface area contributed by atoms with Gasteiger partial charge < -0.3 is 0 Å². The molecule has 0 saturated carbocycles. The van der Waals surface area contributed by atoms with Gasteiger partial charge in [-0.2, -0.15) is 0 Å². The van der Waals surface area contributed by atoms with Crippen LogP contribution < -0.4 is 0 Å². The van der Waals surface area contributed by atoms with E-state index in [2.05, 4.69) is 0 Å². The molecule has 80 valence electrons. The molecular formula is C10H14HgO4. The number of hydrogen-bond acceptors (Lipinski definition) is 4. The molecule has 0 fully saturated rings. The van der Waals surface area contributed by atoms with Gasteiger partial charge in [0, 0.05) is 0 Å². The molecule has 15 heavy (non-hydrogen) atoms. The van der Waals surface area contributed by atoms with Crippen molar-refractivity contribution in [2.75, 3.05) is 0 Å². The van der Waals surface area contributed by atoms with Crippen molar-refractivity contribution in [3.8, 4) is 0 Å². The molecule has 0 atom stereocenters. The van der Waals surface area contributed by atoms with Crippen LogP contribution >= 0.6 is 0 Å². The summed E-state index contributed by atoms with van der Waals surface area (Å²) in [5.41, 5.74) is 0. The van der Waals surface area contributed by atoms with Crippen LogP contribution in [-0.2, 0) is 40.4 Å². The van der Waals surface area contributed by atoms with Gasteiger partial charge in [0.15, 0.2) is 0 Å². The summed E-state index contributed by atoms with van der Waals surface area (Å²) in [5, 5.41) is 0. The number of hydrogen-bond donors (Lipinski definition) is 0. The van der Waals surface area contributed by atoms with Gasteiger partial charge in [0.05, 0.1) is 0 Å². The molecule has 0 amide bonds. The van der Waals surface area contributed by atoms with E-state index in [9.17, 15) is 9.59 Å². The Morgan fingerprint density at radius 2 is 1.20 bits per heavy atom. The van der Waals surface area contributed by atoms with Gasteiger partial charge in [-0.25, -0.2) is 0 Å². The molecule has 0 spiro atoms. The average Bonchev–Trinajstić information content (AvgIpc) is 2.00. The van der Waals surface area contributed by atoms with Crippen LogP contribution in [0, 0.1) is 0 Å². The zero-order chi connectivity index (χ0) is 11.8. The van der Waals surface area contributed by atoms with Crippen LogP contribution in [-0.4, -0.2) is 11.6 Å². The monoisotopic (exact) mass is 400 g/mol. The van der Waals surface area contributed by atoms with E-state index in [1.54, 1.807) is 13.8 Å². The summed E-state index contributed by atoms with van der Waals surface area (Å²) in [6.45, 7) is 6.36. The molecular weight excluding hydrogens is 385 g/mol. The van der Waals surface area contributed by atoms with Gasteiger partial charge in [-0.3, -0.25) is 0 Å². The molecule has 0 aromatic heterocycles. The molecule has 0 saturated heterocycles. The normalized spacial score (nSPS) is 11.7. The molecule has 0 aliphatic heterocycles. The quantitative estimate of drug-likeness (QED) is 0.390. The first-order valence-corrected chi connectivity index (χ1v) is 9.04. The number of carbonyl (C=O) groups is 2. The van der Waals surface area contributed by atoms with Crippen LogP contribution in [0.1, 0.15) is 27.7 Å². The van der Waals surface area contributed by atoms with Gasteiger partial charge >= 0.3 is 103 Å². The summed E-state index contributed by atoms with van der Waals surface area (Å²) >= 11 is -1.93. The van der Waals surface area contributed by atoms with Crippen molar-refractivity contribution in [2.45, 2.75) is 27.7 Å². The van der Waals surface area contributed by atoms with Crippen LogP contribution in [0.15, 0.2) is 23.7 Å². The van der Waals surface area contributed by atoms with Crippen molar-refractivity contribution < 1.29 is 40.4 Å². The minimum absolute atomic E-state index is 0.0445. The van der Waals surface area contributed by atoms with E-state index in [0.717, 1.165) is 0 Å². The predicted molar refractivity (Wildman–Crippen MR) is 51.0 cm³/mol. The van der Waals surface area contributed by atoms with Gasteiger partial charge in [0.1, 0.15) is 0 Å². The topological polar surface area (TPSA) is 52.6 Å². The predicted octanol–water partition coefficient (Wildman–Crippen LogP) is 1.92. The fourth-order valence-electron chi connectivity index (χ4n) is 0.871. The Morgan fingerprint density at radius 3 is 1.47 bits per heavy atom. The van der Waals surface area contributed by atoms with Crippen LogP contribution in [0.3, 0.4) is 0 Å². The number of allylic oxidation sites excluding steroid dienone is 4. The molecule has 0 radical (unpaired) electrons. The zero-order valence-electron chi connectivity index (χ0n) is 9.49. The van der Waals surface area contributed by atoms with Crippen LogP contribution in [0.4, 0.5) is 0 Å². The summed E-state index contributed by atoms with van der Waals surface area (Å²) in [6, 6.07) is 0. The standard InChI is InChI=1S/2C5H8O2.Hg/c2*1-4(6)3-5(2)7;/h2*3,6H,1-2H3;/q;;+2/p-2/b2*4-3-;. The Balaban J connectivity index is 3.90. The minimum atomic E-state index is -1.93. The van der Waals surface area contributed by atoms with Crippen molar-refractivity contribution in [1.82, 2.24) is 0 Å². The van der Waals surface area contributed by atoms with Crippen molar-refractivity contribution in [2.24, 2.45) is 0 Å². The maximum atomic E-state index is 10.7. The Kier molecular flexibility index (Phi) is 7.29. The second kappa shape index (κ2) is 7.62. The summed E-state index contributed by atoms with van der Waals surface area (Å²) in [4.78, 5) is 21.3. The Bertz CT molecular complexity index is 275. The molecule has 0 aromatic carbocycles. The van der Waals surface area contributed by atoms with Gasteiger partial charge in [-0.1, -0.05) is 0 Å². The fraction of sp³-hybridized carbons (Fsp3) is 0.400. The second-order valence-electron chi connectivity index (χ2n) is 3.14. The summed E-state index contributed by atoms with van der Waals surface area (Å²) in [7, 11) is 0. The third kappa shape index (κ3) is 9.65. The Labute approximate surface area is 103 Å². The van der Waals surface area contributed by atoms with E-state index in [1.807, 2.05) is 0 Å². The molecule has 0 unspecified atom stereocenters. The first-order valence-electron chi connectivity index (χ1n) is 4.55. The molecule has 0 rings (SSSR count). The van der Waals surface area contributed by atoms with Crippen molar-refractivity contribution in [3.05, 3.63) is 23.7 Å². The van der Waals surface area contributed by atoms with E-state index in [1.165, 1.54) is 26.0 Å². The molecule has 5 heteroatoms. The first kappa shape index (κ1) is 14.4. The third-order valence-electron chi connectivity index (χ3n) is 1.39. The van der Waals surface area contributed by atoms with Crippen LogP contribution in [0.5, 0.6) is 0 Å². The van der Waals surface area contributed by atoms with E-state index >= 15 is 0 Å². The van der Waals surface area contributed by atoms with E-state index in [4.69, 9.17) is 5.29 Å². The van der Waals surface area contributed by atoms with Crippen LogP contribution in [0.25, 0.3) is 0 Å². The van der Waals surface area contributed by atoms with Gasteiger partial charge in [-0.05, 0) is 0 Å². The molecule has 0 heterocycles. The summed E-state index contributed by atoms with van der Waals surface area (Å²) in [5.74, 6) is 1.08. The van der Waals surface area contributed by atoms with Crippen LogP contribution in [0.2, 0.25) is 0 Å². The molecule has 0 aliphatic rings. The van der Waals surface area contributed by atoms with E-state index in [-0.39, 0.29) is 11.6 Å². The SMILES string of the molecule is CC(=O)/C=C(/C)[O][Hg][O]/C(C)=C\C(C)=O.